The van der Waals surface area contributed by atoms with Gasteiger partial charge in [0, 0.05) is 31.4 Å². The number of para-hydroxylation sites is 1. The Labute approximate surface area is 142 Å². The van der Waals surface area contributed by atoms with Crippen molar-refractivity contribution in [3.8, 4) is 5.69 Å². The summed E-state index contributed by atoms with van der Waals surface area (Å²) in [5, 5.41) is 7.40. The zero-order chi connectivity index (χ0) is 16.9. The molecule has 0 aliphatic carbocycles. The first kappa shape index (κ1) is 16.7. The average Bonchev–Trinajstić information content (AvgIpc) is 3.09. The van der Waals surface area contributed by atoms with Crippen molar-refractivity contribution in [1.29, 1.82) is 0 Å². The summed E-state index contributed by atoms with van der Waals surface area (Å²) in [6, 6.07) is 7.52. The predicted octanol–water partition coefficient (Wildman–Crippen LogP) is 1.40. The quantitative estimate of drug-likeness (QED) is 0.870. The Balaban J connectivity index is 1.70. The summed E-state index contributed by atoms with van der Waals surface area (Å²) in [4.78, 5) is 15.0. The number of nitrogens with zero attached hydrogens (tertiary/aromatic N) is 3. The Morgan fingerprint density at radius 3 is 3.00 bits per heavy atom. The number of likely N-dealkylation sites (tertiary alicyclic amines) is 1. The molecular weight excluding hydrogens is 302 g/mol. The van der Waals surface area contributed by atoms with Crippen molar-refractivity contribution in [2.75, 3.05) is 26.7 Å². The highest BCUT2D eigenvalue weighted by Crippen LogP contribution is 2.16. The number of amides is 1. The van der Waals surface area contributed by atoms with E-state index in [0.717, 1.165) is 24.3 Å². The number of hydrogen-bond acceptors (Lipinski definition) is 4. The molecule has 128 valence electrons. The van der Waals surface area contributed by atoms with Crippen molar-refractivity contribution in [2.45, 2.75) is 19.4 Å². The topological polar surface area (TPSA) is 76.2 Å². The summed E-state index contributed by atoms with van der Waals surface area (Å²) < 4.78 is 1.71. The summed E-state index contributed by atoms with van der Waals surface area (Å²) in [5.41, 5.74) is 7.99. The van der Waals surface area contributed by atoms with Crippen LogP contribution in [0.4, 0.5) is 0 Å². The highest BCUT2D eigenvalue weighted by molar-refractivity contribution is 5.97. The van der Waals surface area contributed by atoms with Crippen LogP contribution in [0.2, 0.25) is 0 Å². The summed E-state index contributed by atoms with van der Waals surface area (Å²) in [5.74, 6) is 0.469. The molecule has 2 heterocycles. The van der Waals surface area contributed by atoms with Crippen molar-refractivity contribution in [3.05, 3.63) is 47.8 Å². The van der Waals surface area contributed by atoms with Crippen LogP contribution in [-0.4, -0.2) is 47.3 Å². The zero-order valence-electron chi connectivity index (χ0n) is 14.1. The van der Waals surface area contributed by atoms with Crippen molar-refractivity contribution in [3.63, 3.8) is 0 Å². The maximum absolute atomic E-state index is 12.6. The first-order chi connectivity index (χ1) is 11.7. The van der Waals surface area contributed by atoms with E-state index in [1.807, 2.05) is 30.5 Å². The molecule has 1 aromatic heterocycles. The lowest BCUT2D eigenvalue weighted by Crippen LogP contribution is -2.39. The average molecular weight is 327 g/mol. The summed E-state index contributed by atoms with van der Waals surface area (Å²) in [7, 11) is 2.13. The van der Waals surface area contributed by atoms with Gasteiger partial charge in [0.25, 0.3) is 5.91 Å². The molecule has 1 amide bonds. The monoisotopic (exact) mass is 327 g/mol. The molecule has 3 N–H and O–H groups in total. The van der Waals surface area contributed by atoms with E-state index in [2.05, 4.69) is 22.4 Å². The second-order valence-corrected chi connectivity index (χ2v) is 6.49. The van der Waals surface area contributed by atoms with Gasteiger partial charge in [-0.05, 0) is 44.5 Å². The van der Waals surface area contributed by atoms with Gasteiger partial charge in [-0.1, -0.05) is 12.1 Å². The van der Waals surface area contributed by atoms with Crippen LogP contribution in [0, 0.1) is 5.92 Å². The Hall–Kier alpha value is -2.18. The van der Waals surface area contributed by atoms with Crippen LogP contribution in [0.3, 0.4) is 0 Å². The highest BCUT2D eigenvalue weighted by Gasteiger charge is 2.19. The minimum Gasteiger partial charge on any atom is -0.352 e. The standard InChI is InChI=1S/C18H25N5O/c1-22-8-4-5-14(12-22)10-20-18(24)16-6-2-3-7-17(16)23-13-15(9-19)11-21-23/h2-3,6-7,11,13-14H,4-5,8-10,12,19H2,1H3,(H,20,24)/t14-/m1/s1. The molecule has 1 aliphatic heterocycles. The Morgan fingerprint density at radius 2 is 2.25 bits per heavy atom. The fourth-order valence-electron chi connectivity index (χ4n) is 3.23. The highest BCUT2D eigenvalue weighted by atomic mass is 16.1. The fourth-order valence-corrected chi connectivity index (χ4v) is 3.23. The number of rotatable bonds is 5. The first-order valence-corrected chi connectivity index (χ1v) is 8.47. The van der Waals surface area contributed by atoms with Crippen LogP contribution in [-0.2, 0) is 6.54 Å². The molecule has 0 radical (unpaired) electrons. The number of hydrogen-bond donors (Lipinski definition) is 2. The number of nitrogens with one attached hydrogen (secondary N) is 1. The lowest BCUT2D eigenvalue weighted by molar-refractivity contribution is 0.0936. The molecule has 6 nitrogen and oxygen atoms in total. The van der Waals surface area contributed by atoms with Crippen LogP contribution in [0.25, 0.3) is 5.69 Å². The normalized spacial score (nSPS) is 18.5. The van der Waals surface area contributed by atoms with Gasteiger partial charge >= 0.3 is 0 Å². The van der Waals surface area contributed by atoms with Gasteiger partial charge in [0.2, 0.25) is 0 Å². The molecule has 1 fully saturated rings. The molecule has 1 atom stereocenters. The second kappa shape index (κ2) is 7.59. The fraction of sp³-hybridized carbons (Fsp3) is 0.444. The van der Waals surface area contributed by atoms with Crippen molar-refractivity contribution >= 4 is 5.91 Å². The van der Waals surface area contributed by atoms with Gasteiger partial charge in [-0.2, -0.15) is 5.10 Å². The third-order valence-corrected chi connectivity index (χ3v) is 4.54. The van der Waals surface area contributed by atoms with E-state index < -0.39 is 0 Å². The molecule has 0 saturated carbocycles. The molecule has 1 saturated heterocycles. The Kier molecular flexibility index (Phi) is 5.27. The van der Waals surface area contributed by atoms with Crippen molar-refractivity contribution < 1.29 is 4.79 Å². The number of benzene rings is 1. The number of nitrogens with two attached hydrogens (primary N) is 1. The molecular formula is C18H25N5O. The summed E-state index contributed by atoms with van der Waals surface area (Å²) in [6.45, 7) is 3.34. The van der Waals surface area contributed by atoms with Gasteiger partial charge in [0.15, 0.2) is 0 Å². The van der Waals surface area contributed by atoms with E-state index >= 15 is 0 Å². The third-order valence-electron chi connectivity index (χ3n) is 4.54. The number of aromatic nitrogens is 2. The number of carbonyl (C=O) groups is 1. The molecule has 1 aromatic carbocycles. The largest absolute Gasteiger partial charge is 0.352 e. The maximum atomic E-state index is 12.6. The summed E-state index contributed by atoms with van der Waals surface area (Å²) in [6.07, 6.45) is 5.96. The lowest BCUT2D eigenvalue weighted by atomic mass is 9.98. The van der Waals surface area contributed by atoms with Crippen LogP contribution < -0.4 is 11.1 Å². The molecule has 3 rings (SSSR count). The second-order valence-electron chi connectivity index (χ2n) is 6.49. The van der Waals surface area contributed by atoms with Crippen LogP contribution in [0.5, 0.6) is 0 Å². The van der Waals surface area contributed by atoms with Crippen molar-refractivity contribution in [2.24, 2.45) is 11.7 Å². The number of piperidine rings is 1. The van der Waals surface area contributed by atoms with Crippen LogP contribution in [0.15, 0.2) is 36.7 Å². The first-order valence-electron chi connectivity index (χ1n) is 8.47. The molecule has 0 unspecified atom stereocenters. The minimum absolute atomic E-state index is 0.0522. The van der Waals surface area contributed by atoms with Gasteiger partial charge in [0.05, 0.1) is 17.4 Å². The zero-order valence-corrected chi connectivity index (χ0v) is 14.1. The molecule has 6 heteroatoms. The summed E-state index contributed by atoms with van der Waals surface area (Å²) >= 11 is 0. The van der Waals surface area contributed by atoms with Gasteiger partial charge in [-0.25, -0.2) is 4.68 Å². The van der Waals surface area contributed by atoms with E-state index in [1.165, 1.54) is 12.8 Å². The third kappa shape index (κ3) is 3.83. The van der Waals surface area contributed by atoms with E-state index in [4.69, 9.17) is 5.73 Å². The van der Waals surface area contributed by atoms with Gasteiger partial charge in [-0.15, -0.1) is 0 Å². The molecule has 0 bridgehead atoms. The van der Waals surface area contributed by atoms with Crippen molar-refractivity contribution in [1.82, 2.24) is 20.0 Å². The SMILES string of the molecule is CN1CCC[C@H](CNC(=O)c2ccccc2-n2cc(CN)cn2)C1. The molecule has 1 aliphatic rings. The maximum Gasteiger partial charge on any atom is 0.253 e. The Morgan fingerprint density at radius 1 is 1.42 bits per heavy atom. The van der Waals surface area contributed by atoms with Gasteiger partial charge in [-0.3, -0.25) is 4.79 Å². The predicted molar refractivity (Wildman–Crippen MR) is 94.0 cm³/mol. The minimum atomic E-state index is -0.0522. The van der Waals surface area contributed by atoms with Crippen LogP contribution in [0.1, 0.15) is 28.8 Å². The van der Waals surface area contributed by atoms with Crippen LogP contribution >= 0.6 is 0 Å². The van der Waals surface area contributed by atoms with Gasteiger partial charge in [0.1, 0.15) is 0 Å². The number of carbonyl (C=O) groups excluding carboxylic acids is 1. The van der Waals surface area contributed by atoms with E-state index in [9.17, 15) is 4.79 Å². The van der Waals surface area contributed by atoms with E-state index in [0.29, 0.717) is 24.6 Å². The smallest absolute Gasteiger partial charge is 0.253 e. The molecule has 0 spiro atoms. The Bertz CT molecular complexity index is 696. The van der Waals surface area contributed by atoms with E-state index in [1.54, 1.807) is 10.9 Å². The van der Waals surface area contributed by atoms with E-state index in [-0.39, 0.29) is 5.91 Å². The van der Waals surface area contributed by atoms with Gasteiger partial charge < -0.3 is 16.0 Å². The molecule has 24 heavy (non-hydrogen) atoms. The lowest BCUT2D eigenvalue weighted by Gasteiger charge is -2.29. The molecule has 2 aromatic rings.